The molecule has 0 heterocycles. The Morgan fingerprint density at radius 3 is 2.00 bits per heavy atom. The lowest BCUT2D eigenvalue weighted by Gasteiger charge is -2.24. The van der Waals surface area contributed by atoms with E-state index in [1.165, 1.54) is 6.07 Å². The Labute approximate surface area is 169 Å². The van der Waals surface area contributed by atoms with Crippen LogP contribution in [0.25, 0.3) is 10.8 Å². The lowest BCUT2D eigenvalue weighted by Crippen LogP contribution is -2.21. The van der Waals surface area contributed by atoms with Crippen LogP contribution in [0.3, 0.4) is 0 Å². The Kier molecular flexibility index (Phi) is 4.81. The molecule has 5 heteroatoms. The first-order valence-corrected chi connectivity index (χ1v) is 10.9. The van der Waals surface area contributed by atoms with Crippen molar-refractivity contribution in [2.45, 2.75) is 13.8 Å². The van der Waals surface area contributed by atoms with E-state index in [0.717, 1.165) is 11.1 Å². The third kappa shape index (κ3) is 3.26. The normalized spacial score (nSPS) is 13.2. The van der Waals surface area contributed by atoms with E-state index in [9.17, 15) is 14.8 Å². The average Bonchev–Trinajstić information content (AvgIpc) is 2.74. The third-order valence-electron chi connectivity index (χ3n) is 5.02. The molecule has 29 heavy (non-hydrogen) atoms. The minimum Gasteiger partial charge on any atom is -0.507 e. The van der Waals surface area contributed by atoms with Crippen molar-refractivity contribution in [3.8, 4) is 17.2 Å². The lowest BCUT2D eigenvalue weighted by molar-refractivity contribution is 0.467. The van der Waals surface area contributed by atoms with Gasteiger partial charge >= 0.3 is 7.37 Å². The molecule has 1 unspecified atom stereocenters. The molecule has 146 valence electrons. The summed E-state index contributed by atoms with van der Waals surface area (Å²) >= 11 is 0. The number of hydrogen-bond donors (Lipinski definition) is 2. The molecule has 0 aliphatic carbocycles. The quantitative estimate of drug-likeness (QED) is 0.364. The Balaban J connectivity index is 2.02. The van der Waals surface area contributed by atoms with Crippen LogP contribution in [-0.4, -0.2) is 10.2 Å². The Morgan fingerprint density at radius 1 is 0.759 bits per heavy atom. The van der Waals surface area contributed by atoms with Crippen molar-refractivity contribution in [2.75, 3.05) is 0 Å². The molecule has 0 bridgehead atoms. The average molecular weight is 404 g/mol. The van der Waals surface area contributed by atoms with Gasteiger partial charge in [0.15, 0.2) is 0 Å². The maximum atomic E-state index is 14.4. The van der Waals surface area contributed by atoms with Crippen LogP contribution in [0.1, 0.15) is 11.1 Å². The van der Waals surface area contributed by atoms with Gasteiger partial charge in [0.25, 0.3) is 0 Å². The van der Waals surface area contributed by atoms with Gasteiger partial charge in [-0.2, -0.15) is 0 Å². The second-order valence-corrected chi connectivity index (χ2v) is 9.29. The summed E-state index contributed by atoms with van der Waals surface area (Å²) in [4.78, 5) is 0. The van der Waals surface area contributed by atoms with E-state index in [-0.39, 0.29) is 16.8 Å². The summed E-state index contributed by atoms with van der Waals surface area (Å²) in [6, 6.07) is 22.7. The summed E-state index contributed by atoms with van der Waals surface area (Å²) < 4.78 is 20.6. The van der Waals surface area contributed by atoms with Crippen LogP contribution in [0.5, 0.6) is 17.2 Å². The van der Waals surface area contributed by atoms with Gasteiger partial charge in [0.05, 0.1) is 10.6 Å². The summed E-state index contributed by atoms with van der Waals surface area (Å²) in [5.74, 6) is 0.290. The van der Waals surface area contributed by atoms with Gasteiger partial charge in [0.2, 0.25) is 0 Å². The molecular weight excluding hydrogens is 383 g/mol. The molecule has 0 aliphatic heterocycles. The van der Waals surface area contributed by atoms with E-state index in [1.807, 2.05) is 38.1 Å². The van der Waals surface area contributed by atoms with E-state index in [0.29, 0.717) is 21.8 Å². The first-order valence-electron chi connectivity index (χ1n) is 9.27. The molecule has 0 aliphatic rings. The number of benzene rings is 4. The van der Waals surface area contributed by atoms with Crippen molar-refractivity contribution in [3.05, 3.63) is 90.0 Å². The topological polar surface area (TPSA) is 66.8 Å². The summed E-state index contributed by atoms with van der Waals surface area (Å²) in [5, 5.41) is 23.0. The van der Waals surface area contributed by atoms with Crippen LogP contribution in [0.4, 0.5) is 0 Å². The number of rotatable bonds is 4. The van der Waals surface area contributed by atoms with Crippen LogP contribution < -0.4 is 15.1 Å². The van der Waals surface area contributed by atoms with E-state index < -0.39 is 7.37 Å². The highest BCUT2D eigenvalue weighted by atomic mass is 31.2. The van der Waals surface area contributed by atoms with Crippen molar-refractivity contribution < 1.29 is 19.3 Å². The molecular formula is C24H21O4P. The predicted molar refractivity (Wildman–Crippen MR) is 117 cm³/mol. The molecule has 0 saturated carbocycles. The third-order valence-corrected chi connectivity index (χ3v) is 7.41. The first kappa shape index (κ1) is 19.1. The molecule has 0 amide bonds. The molecule has 0 saturated heterocycles. The summed E-state index contributed by atoms with van der Waals surface area (Å²) in [5.41, 5.74) is 1.68. The minimum absolute atomic E-state index is 0.0605. The number of fused-ring (bicyclic) bond motifs is 1. The second kappa shape index (κ2) is 7.31. The standard InChI is InChI=1S/C24H21O4P/c1-16-9-8-10-17(2)24(16)28-29(27,18-11-4-3-5-12-18)22-15-21(25)19-13-6-7-14-20(19)23(22)26/h3-15,25-26H,1-2H3. The summed E-state index contributed by atoms with van der Waals surface area (Å²) in [7, 11) is -3.78. The van der Waals surface area contributed by atoms with E-state index in [2.05, 4.69) is 0 Å². The Bertz CT molecular complexity index is 1230. The zero-order valence-corrected chi connectivity index (χ0v) is 17.1. The smallest absolute Gasteiger partial charge is 0.310 e. The van der Waals surface area contributed by atoms with Crippen LogP contribution in [0, 0.1) is 13.8 Å². The number of aromatic hydroxyl groups is 2. The summed E-state index contributed by atoms with van der Waals surface area (Å²) in [6.45, 7) is 3.77. The van der Waals surface area contributed by atoms with E-state index >= 15 is 0 Å². The fraction of sp³-hybridized carbons (Fsp3) is 0.0833. The highest BCUT2D eigenvalue weighted by molar-refractivity contribution is 7.75. The molecule has 4 rings (SSSR count). The van der Waals surface area contributed by atoms with Gasteiger partial charge in [-0.05, 0) is 43.2 Å². The van der Waals surface area contributed by atoms with Gasteiger partial charge < -0.3 is 14.7 Å². The number of para-hydroxylation sites is 1. The molecule has 4 nitrogen and oxygen atoms in total. The monoisotopic (exact) mass is 404 g/mol. The number of phenolic OH excluding ortho intramolecular Hbond substituents is 2. The van der Waals surface area contributed by atoms with Crippen molar-refractivity contribution in [1.82, 2.24) is 0 Å². The molecule has 0 spiro atoms. The largest absolute Gasteiger partial charge is 0.507 e. The van der Waals surface area contributed by atoms with Gasteiger partial charge in [-0.25, -0.2) is 0 Å². The van der Waals surface area contributed by atoms with Crippen molar-refractivity contribution in [3.63, 3.8) is 0 Å². The van der Waals surface area contributed by atoms with Crippen LogP contribution in [0.2, 0.25) is 0 Å². The van der Waals surface area contributed by atoms with Gasteiger partial charge in [0, 0.05) is 10.8 Å². The maximum absolute atomic E-state index is 14.4. The SMILES string of the molecule is Cc1cccc(C)c1OP(=O)(c1ccccc1)c1cc(O)c2ccccc2c1O. The number of hydrogen-bond acceptors (Lipinski definition) is 4. The van der Waals surface area contributed by atoms with Gasteiger partial charge in [0.1, 0.15) is 17.2 Å². The molecule has 1 atom stereocenters. The second-order valence-electron chi connectivity index (χ2n) is 7.01. The number of phenols is 2. The van der Waals surface area contributed by atoms with Crippen molar-refractivity contribution >= 4 is 28.8 Å². The predicted octanol–water partition coefficient (Wildman–Crippen LogP) is 5.18. The Morgan fingerprint density at radius 2 is 1.34 bits per heavy atom. The van der Waals surface area contributed by atoms with E-state index in [1.54, 1.807) is 48.5 Å². The van der Waals surface area contributed by atoms with Crippen LogP contribution >= 0.6 is 7.37 Å². The van der Waals surface area contributed by atoms with E-state index in [4.69, 9.17) is 4.52 Å². The maximum Gasteiger partial charge on any atom is 0.310 e. The highest BCUT2D eigenvalue weighted by Gasteiger charge is 2.35. The number of aryl methyl sites for hydroxylation is 2. The molecule has 4 aromatic carbocycles. The molecule has 0 fully saturated rings. The fourth-order valence-corrected chi connectivity index (χ4v) is 5.77. The fourth-order valence-electron chi connectivity index (χ4n) is 3.49. The van der Waals surface area contributed by atoms with Gasteiger partial charge in [-0.15, -0.1) is 0 Å². The molecule has 4 aromatic rings. The zero-order chi connectivity index (χ0) is 20.6. The lowest BCUT2D eigenvalue weighted by atomic mass is 10.1. The summed E-state index contributed by atoms with van der Waals surface area (Å²) in [6.07, 6.45) is 0. The molecule has 0 aromatic heterocycles. The van der Waals surface area contributed by atoms with Gasteiger partial charge in [-0.3, -0.25) is 4.57 Å². The van der Waals surface area contributed by atoms with Crippen LogP contribution in [-0.2, 0) is 4.57 Å². The van der Waals surface area contributed by atoms with Crippen molar-refractivity contribution in [2.24, 2.45) is 0 Å². The highest BCUT2D eigenvalue weighted by Crippen LogP contribution is 2.51. The van der Waals surface area contributed by atoms with Gasteiger partial charge in [-0.1, -0.05) is 60.7 Å². The zero-order valence-electron chi connectivity index (χ0n) is 16.2. The first-order chi connectivity index (χ1) is 13.9. The molecule has 0 radical (unpaired) electrons. The Hall–Kier alpha value is -3.23. The molecule has 2 N–H and O–H groups in total. The van der Waals surface area contributed by atoms with Crippen LogP contribution in [0.15, 0.2) is 78.9 Å². The minimum atomic E-state index is -3.78. The van der Waals surface area contributed by atoms with Crippen molar-refractivity contribution in [1.29, 1.82) is 0 Å².